The molecule has 6 heteroatoms. The molecule has 1 aliphatic heterocycles. The number of rotatable bonds is 5. The standard InChI is InChI=1S/C21H22Cl2N2O2/c1-14-8-10-25(11-9-14)13-20(26)24-19-7-6-15(22)12-17(19)21(27)16-4-2-3-5-18(16)23/h2-7,12,14H,8-11,13H2,1H3,(H,24,26). The molecule has 1 fully saturated rings. The van der Waals surface area contributed by atoms with E-state index >= 15 is 0 Å². The van der Waals surface area contributed by atoms with Crippen molar-refractivity contribution < 1.29 is 9.59 Å². The first-order chi connectivity index (χ1) is 12.9. The number of carbonyl (C=O) groups is 2. The molecule has 3 rings (SSSR count). The fourth-order valence-corrected chi connectivity index (χ4v) is 3.61. The lowest BCUT2D eigenvalue weighted by Crippen LogP contribution is -2.38. The van der Waals surface area contributed by atoms with E-state index in [9.17, 15) is 9.59 Å². The highest BCUT2D eigenvalue weighted by atomic mass is 35.5. The second-order valence-corrected chi connectivity index (χ2v) is 7.85. The number of carbonyl (C=O) groups excluding carboxylic acids is 2. The maximum Gasteiger partial charge on any atom is 0.238 e. The molecule has 1 amide bonds. The molecule has 0 spiro atoms. The molecular formula is C21H22Cl2N2O2. The van der Waals surface area contributed by atoms with Gasteiger partial charge in [0.1, 0.15) is 0 Å². The van der Waals surface area contributed by atoms with Gasteiger partial charge in [0.25, 0.3) is 0 Å². The van der Waals surface area contributed by atoms with Gasteiger partial charge >= 0.3 is 0 Å². The van der Waals surface area contributed by atoms with Gasteiger partial charge in [0, 0.05) is 16.1 Å². The number of piperidine rings is 1. The molecule has 1 saturated heterocycles. The van der Waals surface area contributed by atoms with E-state index in [0.29, 0.717) is 39.3 Å². The third-order valence-electron chi connectivity index (χ3n) is 4.86. The van der Waals surface area contributed by atoms with Crippen LogP contribution in [0.2, 0.25) is 10.0 Å². The first kappa shape index (κ1) is 19.9. The largest absolute Gasteiger partial charge is 0.324 e. The Hall–Kier alpha value is -1.88. The lowest BCUT2D eigenvalue weighted by Gasteiger charge is -2.29. The number of amides is 1. The molecule has 0 saturated carbocycles. The number of hydrogen-bond acceptors (Lipinski definition) is 3. The molecule has 2 aromatic carbocycles. The normalized spacial score (nSPS) is 15.5. The van der Waals surface area contributed by atoms with Gasteiger partial charge in [-0.15, -0.1) is 0 Å². The van der Waals surface area contributed by atoms with Crippen LogP contribution in [-0.2, 0) is 4.79 Å². The number of nitrogens with one attached hydrogen (secondary N) is 1. The Labute approximate surface area is 169 Å². The molecule has 1 heterocycles. The Balaban J connectivity index is 1.77. The van der Waals surface area contributed by atoms with Crippen molar-refractivity contribution in [2.24, 2.45) is 5.92 Å². The van der Waals surface area contributed by atoms with Crippen molar-refractivity contribution >= 4 is 40.6 Å². The first-order valence-corrected chi connectivity index (χ1v) is 9.80. The monoisotopic (exact) mass is 404 g/mol. The average Bonchev–Trinajstić information content (AvgIpc) is 2.65. The third kappa shape index (κ3) is 5.10. The molecule has 0 bridgehead atoms. The van der Waals surface area contributed by atoms with Crippen LogP contribution in [0.5, 0.6) is 0 Å². The lowest BCUT2D eigenvalue weighted by molar-refractivity contribution is -0.117. The van der Waals surface area contributed by atoms with Crippen molar-refractivity contribution in [2.75, 3.05) is 25.0 Å². The Morgan fingerprint density at radius 3 is 2.48 bits per heavy atom. The molecule has 4 nitrogen and oxygen atoms in total. The van der Waals surface area contributed by atoms with E-state index in [4.69, 9.17) is 23.2 Å². The minimum Gasteiger partial charge on any atom is -0.324 e. The van der Waals surface area contributed by atoms with Crippen molar-refractivity contribution in [1.29, 1.82) is 0 Å². The number of nitrogens with zero attached hydrogens (tertiary/aromatic N) is 1. The Bertz CT molecular complexity index is 846. The maximum atomic E-state index is 12.9. The zero-order chi connectivity index (χ0) is 19.4. The van der Waals surface area contributed by atoms with Gasteiger partial charge < -0.3 is 5.32 Å². The number of halogens is 2. The lowest BCUT2D eigenvalue weighted by atomic mass is 9.99. The van der Waals surface area contributed by atoms with E-state index in [0.717, 1.165) is 25.9 Å². The molecular weight excluding hydrogens is 383 g/mol. The summed E-state index contributed by atoms with van der Waals surface area (Å²) in [7, 11) is 0. The molecule has 0 atom stereocenters. The predicted molar refractivity (Wildman–Crippen MR) is 110 cm³/mol. The number of likely N-dealkylation sites (tertiary alicyclic amines) is 1. The highest BCUT2D eigenvalue weighted by molar-refractivity contribution is 6.36. The molecule has 0 unspecified atom stereocenters. The van der Waals surface area contributed by atoms with Crippen LogP contribution in [0.3, 0.4) is 0 Å². The first-order valence-electron chi connectivity index (χ1n) is 9.05. The molecule has 27 heavy (non-hydrogen) atoms. The van der Waals surface area contributed by atoms with Crippen molar-refractivity contribution in [2.45, 2.75) is 19.8 Å². The Morgan fingerprint density at radius 2 is 1.78 bits per heavy atom. The average molecular weight is 405 g/mol. The Morgan fingerprint density at radius 1 is 1.07 bits per heavy atom. The van der Waals surface area contributed by atoms with E-state index in [-0.39, 0.29) is 11.7 Å². The maximum absolute atomic E-state index is 12.9. The van der Waals surface area contributed by atoms with Crippen LogP contribution >= 0.6 is 23.2 Å². The molecule has 1 aliphatic rings. The topological polar surface area (TPSA) is 49.4 Å². The third-order valence-corrected chi connectivity index (χ3v) is 5.43. The van der Waals surface area contributed by atoms with Crippen LogP contribution in [0, 0.1) is 5.92 Å². The van der Waals surface area contributed by atoms with Gasteiger partial charge in [0.2, 0.25) is 5.91 Å². The SMILES string of the molecule is CC1CCN(CC(=O)Nc2ccc(Cl)cc2C(=O)c2ccccc2Cl)CC1. The molecule has 2 aromatic rings. The summed E-state index contributed by atoms with van der Waals surface area (Å²) < 4.78 is 0. The van der Waals surface area contributed by atoms with E-state index in [1.54, 1.807) is 42.5 Å². The highest BCUT2D eigenvalue weighted by Crippen LogP contribution is 2.26. The predicted octanol–water partition coefficient (Wildman–Crippen LogP) is 4.89. The smallest absolute Gasteiger partial charge is 0.238 e. The van der Waals surface area contributed by atoms with E-state index in [1.807, 2.05) is 0 Å². The summed E-state index contributed by atoms with van der Waals surface area (Å²) in [4.78, 5) is 27.6. The minimum absolute atomic E-state index is 0.139. The van der Waals surface area contributed by atoms with Crippen LogP contribution in [0.1, 0.15) is 35.7 Å². The summed E-state index contributed by atoms with van der Waals surface area (Å²) in [5, 5.41) is 3.65. The summed E-state index contributed by atoms with van der Waals surface area (Å²) in [5.41, 5.74) is 1.15. The summed E-state index contributed by atoms with van der Waals surface area (Å²) in [6.07, 6.45) is 2.20. The van der Waals surface area contributed by atoms with Crippen LogP contribution in [0.25, 0.3) is 0 Å². The van der Waals surface area contributed by atoms with Crippen LogP contribution in [0.4, 0.5) is 5.69 Å². The van der Waals surface area contributed by atoms with Crippen molar-refractivity contribution in [3.8, 4) is 0 Å². The van der Waals surface area contributed by atoms with Crippen LogP contribution in [-0.4, -0.2) is 36.2 Å². The zero-order valence-corrected chi connectivity index (χ0v) is 16.7. The van der Waals surface area contributed by atoms with Crippen molar-refractivity contribution in [3.05, 3.63) is 63.6 Å². The van der Waals surface area contributed by atoms with E-state index in [2.05, 4.69) is 17.1 Å². The van der Waals surface area contributed by atoms with Gasteiger partial charge in [-0.1, -0.05) is 42.3 Å². The molecule has 1 N–H and O–H groups in total. The summed E-state index contributed by atoms with van der Waals surface area (Å²) in [6, 6.07) is 11.7. The molecule has 0 aromatic heterocycles. The van der Waals surface area contributed by atoms with Gasteiger partial charge in [-0.25, -0.2) is 0 Å². The van der Waals surface area contributed by atoms with Gasteiger partial charge in [0.05, 0.1) is 17.3 Å². The van der Waals surface area contributed by atoms with Gasteiger partial charge in [-0.3, -0.25) is 14.5 Å². The molecule has 142 valence electrons. The number of anilines is 1. The number of ketones is 1. The van der Waals surface area contributed by atoms with Crippen molar-refractivity contribution in [1.82, 2.24) is 4.90 Å². The fraction of sp³-hybridized carbons (Fsp3) is 0.333. The van der Waals surface area contributed by atoms with E-state index < -0.39 is 0 Å². The molecule has 0 radical (unpaired) electrons. The minimum atomic E-state index is -0.273. The number of benzene rings is 2. The fourth-order valence-electron chi connectivity index (χ4n) is 3.22. The summed E-state index contributed by atoms with van der Waals surface area (Å²) in [6.45, 7) is 4.38. The van der Waals surface area contributed by atoms with Gasteiger partial charge in [0.15, 0.2) is 5.78 Å². The summed E-state index contributed by atoms with van der Waals surface area (Å²) >= 11 is 12.2. The van der Waals surface area contributed by atoms with Gasteiger partial charge in [-0.05, 0) is 62.2 Å². The van der Waals surface area contributed by atoms with Gasteiger partial charge in [-0.2, -0.15) is 0 Å². The highest BCUT2D eigenvalue weighted by Gasteiger charge is 2.21. The van der Waals surface area contributed by atoms with E-state index in [1.165, 1.54) is 0 Å². The van der Waals surface area contributed by atoms with Crippen molar-refractivity contribution in [3.63, 3.8) is 0 Å². The van der Waals surface area contributed by atoms with Crippen LogP contribution in [0.15, 0.2) is 42.5 Å². The zero-order valence-electron chi connectivity index (χ0n) is 15.2. The second kappa shape index (κ2) is 8.87. The molecule has 0 aliphatic carbocycles. The Kier molecular flexibility index (Phi) is 6.53. The number of hydrogen-bond donors (Lipinski definition) is 1. The summed E-state index contributed by atoms with van der Waals surface area (Å²) in [5.74, 6) is 0.297. The van der Waals surface area contributed by atoms with Crippen LogP contribution < -0.4 is 5.32 Å². The second-order valence-electron chi connectivity index (χ2n) is 7.01. The quantitative estimate of drug-likeness (QED) is 0.721.